The van der Waals surface area contributed by atoms with Crippen molar-refractivity contribution in [2.75, 3.05) is 6.61 Å². The van der Waals surface area contributed by atoms with Gasteiger partial charge in [0.2, 0.25) is 0 Å². The monoisotopic (exact) mass is 404 g/mol. The van der Waals surface area contributed by atoms with E-state index in [-0.39, 0.29) is 21.6 Å². The highest BCUT2D eigenvalue weighted by molar-refractivity contribution is 6.45. The Morgan fingerprint density at radius 3 is 2.63 bits per heavy atom. The van der Waals surface area contributed by atoms with E-state index in [1.807, 2.05) is 49.4 Å². The molecular weight excluding hydrogens is 387 g/mol. The molecule has 2 aromatic rings. The van der Waals surface area contributed by atoms with Crippen LogP contribution >= 0.6 is 23.2 Å². The zero-order valence-corrected chi connectivity index (χ0v) is 16.2. The highest BCUT2D eigenvalue weighted by atomic mass is 35.5. The molecule has 3 rings (SSSR count). The van der Waals surface area contributed by atoms with E-state index in [1.165, 1.54) is 0 Å². The Kier molecular flexibility index (Phi) is 5.59. The van der Waals surface area contributed by atoms with Gasteiger partial charge in [-0.25, -0.2) is 4.79 Å². The van der Waals surface area contributed by atoms with Crippen molar-refractivity contribution in [3.05, 3.63) is 69.2 Å². The van der Waals surface area contributed by atoms with Gasteiger partial charge in [0.15, 0.2) is 12.4 Å². The Hall–Kier alpha value is -2.30. The summed E-state index contributed by atoms with van der Waals surface area (Å²) in [6.45, 7) is 1.37. The highest BCUT2D eigenvalue weighted by Gasteiger charge is 2.43. The number of allylic oxidation sites excluding steroid dienone is 1. The largest absolute Gasteiger partial charge is 0.480 e. The molecule has 2 aromatic carbocycles. The number of hydrogen-bond donors (Lipinski definition) is 1. The maximum absolute atomic E-state index is 13.0. The standard InChI is InChI=1S/C21H18Cl2O4/c1-21(9-5-8-13-6-3-2-4-7-13)11-14-10-15(27-12-16(24)25)18(22)19(23)17(14)20(21)26/h2-8,10H,9,11-12H2,1H3,(H,24,25). The smallest absolute Gasteiger partial charge is 0.341 e. The Bertz CT molecular complexity index is 922. The van der Waals surface area contributed by atoms with Gasteiger partial charge in [0.1, 0.15) is 10.8 Å². The number of aliphatic carboxylic acids is 1. The number of Topliss-reactive ketones (excluding diaryl/α,β-unsaturated/α-hetero) is 1. The van der Waals surface area contributed by atoms with Crippen LogP contribution in [0.15, 0.2) is 42.5 Å². The zero-order chi connectivity index (χ0) is 19.6. The lowest BCUT2D eigenvalue weighted by molar-refractivity contribution is -0.139. The molecule has 1 unspecified atom stereocenters. The molecule has 1 atom stereocenters. The van der Waals surface area contributed by atoms with Gasteiger partial charge in [-0.05, 0) is 30.0 Å². The van der Waals surface area contributed by atoms with E-state index >= 15 is 0 Å². The molecule has 140 valence electrons. The summed E-state index contributed by atoms with van der Waals surface area (Å²) < 4.78 is 5.21. The fraction of sp³-hybridized carbons (Fsp3) is 0.238. The minimum absolute atomic E-state index is 0.0631. The molecule has 0 fully saturated rings. The zero-order valence-electron chi connectivity index (χ0n) is 14.7. The van der Waals surface area contributed by atoms with Crippen LogP contribution in [-0.2, 0) is 11.2 Å². The van der Waals surface area contributed by atoms with E-state index in [9.17, 15) is 9.59 Å². The third-order valence-corrected chi connectivity index (χ3v) is 5.49. The van der Waals surface area contributed by atoms with Gasteiger partial charge in [0, 0.05) is 11.0 Å². The minimum atomic E-state index is -1.12. The van der Waals surface area contributed by atoms with Gasteiger partial charge in [-0.2, -0.15) is 0 Å². The molecule has 0 aromatic heterocycles. The molecule has 0 spiro atoms. The molecule has 4 nitrogen and oxygen atoms in total. The number of ether oxygens (including phenoxy) is 1. The summed E-state index contributed by atoms with van der Waals surface area (Å²) in [5.74, 6) is -0.999. The third kappa shape index (κ3) is 4.02. The molecule has 0 bridgehead atoms. The first-order valence-electron chi connectivity index (χ1n) is 8.44. The van der Waals surface area contributed by atoms with Gasteiger partial charge in [0.05, 0.1) is 5.02 Å². The van der Waals surface area contributed by atoms with Gasteiger partial charge < -0.3 is 9.84 Å². The molecule has 1 N–H and O–H groups in total. The lowest BCUT2D eigenvalue weighted by atomic mass is 9.82. The van der Waals surface area contributed by atoms with Crippen LogP contribution in [0.5, 0.6) is 5.75 Å². The third-order valence-electron chi connectivity index (χ3n) is 4.64. The van der Waals surface area contributed by atoms with Gasteiger partial charge in [0.25, 0.3) is 0 Å². The predicted octanol–water partition coefficient (Wildman–Crippen LogP) is 5.31. The molecule has 1 aliphatic carbocycles. The van der Waals surface area contributed by atoms with E-state index in [2.05, 4.69) is 0 Å². The first kappa shape index (κ1) is 19.5. The molecule has 0 aliphatic heterocycles. The SMILES string of the molecule is CC1(CC=Cc2ccccc2)Cc2cc(OCC(=O)O)c(Cl)c(Cl)c2C1=O. The number of hydrogen-bond acceptors (Lipinski definition) is 3. The topological polar surface area (TPSA) is 63.6 Å². The maximum atomic E-state index is 13.0. The average Bonchev–Trinajstić information content (AvgIpc) is 2.88. The molecule has 0 saturated heterocycles. The van der Waals surface area contributed by atoms with Crippen molar-refractivity contribution < 1.29 is 19.4 Å². The summed E-state index contributed by atoms with van der Waals surface area (Å²) in [6, 6.07) is 11.5. The van der Waals surface area contributed by atoms with Crippen molar-refractivity contribution in [2.24, 2.45) is 5.41 Å². The normalized spacial score (nSPS) is 18.7. The van der Waals surface area contributed by atoms with E-state index < -0.39 is 18.0 Å². The number of carboxylic acids is 1. The second-order valence-corrected chi connectivity index (χ2v) is 7.56. The van der Waals surface area contributed by atoms with Crippen LogP contribution in [0.4, 0.5) is 0 Å². The number of carbonyl (C=O) groups is 2. The number of benzene rings is 2. The molecular formula is C21H18Cl2O4. The Morgan fingerprint density at radius 1 is 1.26 bits per heavy atom. The fourth-order valence-electron chi connectivity index (χ4n) is 3.27. The lowest BCUT2D eigenvalue weighted by Gasteiger charge is -2.19. The predicted molar refractivity (Wildman–Crippen MR) is 106 cm³/mol. The summed E-state index contributed by atoms with van der Waals surface area (Å²) in [5, 5.41) is 8.97. The Balaban J connectivity index is 1.84. The van der Waals surface area contributed by atoms with E-state index in [4.69, 9.17) is 33.0 Å². The maximum Gasteiger partial charge on any atom is 0.341 e. The van der Waals surface area contributed by atoms with Gasteiger partial charge in [-0.1, -0.05) is 72.6 Å². The first-order valence-corrected chi connectivity index (χ1v) is 9.19. The van der Waals surface area contributed by atoms with Crippen LogP contribution < -0.4 is 4.74 Å². The Labute approximate surface area is 167 Å². The van der Waals surface area contributed by atoms with Crippen molar-refractivity contribution in [2.45, 2.75) is 19.8 Å². The summed E-state index contributed by atoms with van der Waals surface area (Å²) in [6.07, 6.45) is 5.00. The number of fused-ring (bicyclic) bond motifs is 1. The number of halogens is 2. The highest BCUT2D eigenvalue weighted by Crippen LogP contribution is 2.47. The van der Waals surface area contributed by atoms with Gasteiger partial charge in [-0.3, -0.25) is 4.79 Å². The number of ketones is 1. The number of carboxylic acid groups (broad SMARTS) is 1. The Morgan fingerprint density at radius 2 is 1.96 bits per heavy atom. The summed E-state index contributed by atoms with van der Waals surface area (Å²) in [5.41, 5.74) is 1.56. The van der Waals surface area contributed by atoms with Crippen LogP contribution in [0, 0.1) is 5.41 Å². The molecule has 0 radical (unpaired) electrons. The van der Waals surface area contributed by atoms with E-state index in [0.29, 0.717) is 18.4 Å². The van der Waals surface area contributed by atoms with Crippen molar-refractivity contribution in [1.29, 1.82) is 0 Å². The fourth-order valence-corrected chi connectivity index (χ4v) is 3.77. The van der Waals surface area contributed by atoms with Gasteiger partial charge in [-0.15, -0.1) is 0 Å². The van der Waals surface area contributed by atoms with Crippen molar-refractivity contribution in [3.8, 4) is 5.75 Å². The van der Waals surface area contributed by atoms with Crippen LogP contribution in [0.25, 0.3) is 6.08 Å². The average molecular weight is 405 g/mol. The number of rotatable bonds is 6. The summed E-state index contributed by atoms with van der Waals surface area (Å²) in [7, 11) is 0. The van der Waals surface area contributed by atoms with Crippen molar-refractivity contribution in [1.82, 2.24) is 0 Å². The lowest BCUT2D eigenvalue weighted by Crippen LogP contribution is -2.23. The molecule has 1 aliphatic rings. The number of carbonyl (C=O) groups excluding carboxylic acids is 1. The molecule has 0 saturated carbocycles. The van der Waals surface area contributed by atoms with Crippen molar-refractivity contribution in [3.63, 3.8) is 0 Å². The van der Waals surface area contributed by atoms with Gasteiger partial charge >= 0.3 is 5.97 Å². The second kappa shape index (κ2) is 7.75. The molecule has 27 heavy (non-hydrogen) atoms. The molecule has 6 heteroatoms. The van der Waals surface area contributed by atoms with Crippen LogP contribution in [-0.4, -0.2) is 23.5 Å². The summed E-state index contributed by atoms with van der Waals surface area (Å²) >= 11 is 12.5. The summed E-state index contributed by atoms with van der Waals surface area (Å²) in [4.78, 5) is 23.7. The van der Waals surface area contributed by atoms with Crippen LogP contribution in [0.3, 0.4) is 0 Å². The second-order valence-electron chi connectivity index (χ2n) is 6.80. The van der Waals surface area contributed by atoms with Crippen LogP contribution in [0.1, 0.15) is 34.8 Å². The van der Waals surface area contributed by atoms with E-state index in [1.54, 1.807) is 6.07 Å². The molecule has 0 amide bonds. The first-order chi connectivity index (χ1) is 12.8. The quantitative estimate of drug-likeness (QED) is 0.708. The van der Waals surface area contributed by atoms with E-state index in [0.717, 1.165) is 11.1 Å². The van der Waals surface area contributed by atoms with Crippen LogP contribution in [0.2, 0.25) is 10.0 Å². The minimum Gasteiger partial charge on any atom is -0.480 e. The molecule has 0 heterocycles. The van der Waals surface area contributed by atoms with Crippen molar-refractivity contribution >= 4 is 41.0 Å².